The molecule has 4 aliphatic carbocycles. The Hall–Kier alpha value is -0.890. The fourth-order valence-electron chi connectivity index (χ4n) is 6.85. The molecule has 0 saturated heterocycles. The van der Waals surface area contributed by atoms with Gasteiger partial charge < -0.3 is 5.11 Å². The van der Waals surface area contributed by atoms with Crippen molar-refractivity contribution in [2.75, 3.05) is 0 Å². The summed E-state index contributed by atoms with van der Waals surface area (Å²) in [6.45, 7) is 4.89. The molecule has 0 aromatic carbocycles. The Morgan fingerprint density at radius 3 is 2.65 bits per heavy atom. The van der Waals surface area contributed by atoms with Crippen molar-refractivity contribution in [1.29, 1.82) is 0 Å². The van der Waals surface area contributed by atoms with Crippen molar-refractivity contribution >= 4 is 6.29 Å². The van der Waals surface area contributed by atoms with Crippen LogP contribution in [0.15, 0.2) is 23.3 Å². The molecule has 0 amide bonds. The van der Waals surface area contributed by atoms with E-state index in [9.17, 15) is 9.90 Å². The summed E-state index contributed by atoms with van der Waals surface area (Å²) >= 11 is 0. The lowest BCUT2D eigenvalue weighted by molar-refractivity contribution is -0.104. The van der Waals surface area contributed by atoms with Crippen LogP contribution in [-0.2, 0) is 4.79 Å². The number of allylic oxidation sites excluding steroid dienone is 3. The zero-order valence-corrected chi connectivity index (χ0v) is 14.6. The molecular formula is C21H30O2. The summed E-state index contributed by atoms with van der Waals surface area (Å²) < 4.78 is 0. The average Bonchev–Trinajstić information content (AvgIpc) is 2.85. The minimum Gasteiger partial charge on any atom is -0.393 e. The van der Waals surface area contributed by atoms with Gasteiger partial charge in [-0.3, -0.25) is 4.79 Å². The maximum atomic E-state index is 11.0. The van der Waals surface area contributed by atoms with Gasteiger partial charge in [-0.1, -0.05) is 31.1 Å². The summed E-state index contributed by atoms with van der Waals surface area (Å²) in [6.07, 6.45) is 14.4. The highest BCUT2D eigenvalue weighted by molar-refractivity contribution is 5.67. The second-order valence-corrected chi connectivity index (χ2v) is 8.98. The van der Waals surface area contributed by atoms with Crippen molar-refractivity contribution in [3.05, 3.63) is 23.3 Å². The Morgan fingerprint density at radius 1 is 1.13 bits per heavy atom. The number of aldehydes is 1. The number of fused-ring (bicyclic) bond motifs is 5. The molecule has 0 radical (unpaired) electrons. The van der Waals surface area contributed by atoms with Crippen molar-refractivity contribution in [1.82, 2.24) is 0 Å². The van der Waals surface area contributed by atoms with Gasteiger partial charge in [-0.25, -0.2) is 0 Å². The number of rotatable bonds is 1. The van der Waals surface area contributed by atoms with Crippen LogP contribution in [0.4, 0.5) is 0 Å². The van der Waals surface area contributed by atoms with Crippen LogP contribution >= 0.6 is 0 Å². The van der Waals surface area contributed by atoms with Crippen molar-refractivity contribution in [3.63, 3.8) is 0 Å². The number of aliphatic hydroxyl groups is 1. The molecule has 0 bridgehead atoms. The average molecular weight is 314 g/mol. The molecule has 0 aromatic rings. The Bertz CT molecular complexity index is 574. The van der Waals surface area contributed by atoms with Gasteiger partial charge in [0.15, 0.2) is 0 Å². The topological polar surface area (TPSA) is 37.3 Å². The highest BCUT2D eigenvalue weighted by Gasteiger charge is 2.56. The highest BCUT2D eigenvalue weighted by Crippen LogP contribution is 2.65. The molecule has 4 aliphatic rings. The van der Waals surface area contributed by atoms with E-state index < -0.39 is 0 Å². The van der Waals surface area contributed by atoms with Gasteiger partial charge in [0.2, 0.25) is 0 Å². The van der Waals surface area contributed by atoms with Crippen LogP contribution in [0.2, 0.25) is 0 Å². The zero-order valence-electron chi connectivity index (χ0n) is 14.6. The summed E-state index contributed by atoms with van der Waals surface area (Å²) in [6, 6.07) is 0. The molecule has 1 N–H and O–H groups in total. The molecule has 23 heavy (non-hydrogen) atoms. The lowest BCUT2D eigenvalue weighted by Gasteiger charge is -2.57. The number of hydrogen-bond acceptors (Lipinski definition) is 2. The predicted octanol–water partition coefficient (Wildman–Crippen LogP) is 4.44. The van der Waals surface area contributed by atoms with E-state index in [4.69, 9.17) is 0 Å². The van der Waals surface area contributed by atoms with Crippen LogP contribution in [0.3, 0.4) is 0 Å². The zero-order chi connectivity index (χ0) is 16.2. The van der Waals surface area contributed by atoms with Gasteiger partial charge in [0.25, 0.3) is 0 Å². The maximum absolute atomic E-state index is 11.0. The third-order valence-corrected chi connectivity index (χ3v) is 8.19. The van der Waals surface area contributed by atoms with E-state index >= 15 is 0 Å². The van der Waals surface area contributed by atoms with Crippen LogP contribution in [0, 0.1) is 28.6 Å². The van der Waals surface area contributed by atoms with E-state index in [1.807, 2.05) is 6.08 Å². The molecule has 2 nitrogen and oxygen atoms in total. The maximum Gasteiger partial charge on any atom is 0.142 e. The van der Waals surface area contributed by atoms with Gasteiger partial charge in [-0.15, -0.1) is 0 Å². The number of aliphatic hydroxyl groups excluding tert-OH is 1. The molecule has 126 valence electrons. The van der Waals surface area contributed by atoms with Crippen LogP contribution in [-0.4, -0.2) is 17.5 Å². The van der Waals surface area contributed by atoms with Gasteiger partial charge >= 0.3 is 0 Å². The Morgan fingerprint density at radius 2 is 1.87 bits per heavy atom. The molecule has 0 aliphatic heterocycles. The summed E-state index contributed by atoms with van der Waals surface area (Å²) in [5.41, 5.74) is 3.54. The summed E-state index contributed by atoms with van der Waals surface area (Å²) in [5, 5.41) is 10.1. The van der Waals surface area contributed by atoms with Crippen molar-refractivity contribution in [2.45, 2.75) is 71.3 Å². The van der Waals surface area contributed by atoms with Crippen molar-refractivity contribution in [2.24, 2.45) is 28.6 Å². The molecular weight excluding hydrogens is 284 g/mol. The van der Waals surface area contributed by atoms with Crippen molar-refractivity contribution in [3.8, 4) is 0 Å². The molecule has 0 spiro atoms. The summed E-state index contributed by atoms with van der Waals surface area (Å²) in [4.78, 5) is 11.0. The number of carbonyl (C=O) groups excluding carboxylic acids is 1. The van der Waals surface area contributed by atoms with E-state index in [1.54, 1.807) is 5.57 Å². The first-order chi connectivity index (χ1) is 11.0. The molecule has 0 heterocycles. The second-order valence-electron chi connectivity index (χ2n) is 8.98. The molecule has 6 atom stereocenters. The van der Waals surface area contributed by atoms with Crippen LogP contribution in [0.25, 0.3) is 0 Å². The lowest BCUT2D eigenvalue weighted by Crippen LogP contribution is -2.49. The van der Waals surface area contributed by atoms with Crippen LogP contribution in [0.1, 0.15) is 65.2 Å². The summed E-state index contributed by atoms with van der Waals surface area (Å²) in [5.74, 6) is 2.30. The fraction of sp³-hybridized carbons (Fsp3) is 0.762. The minimum absolute atomic E-state index is 0.117. The van der Waals surface area contributed by atoms with Gasteiger partial charge in [0.1, 0.15) is 6.29 Å². The fourth-order valence-corrected chi connectivity index (χ4v) is 6.85. The van der Waals surface area contributed by atoms with Gasteiger partial charge in [-0.2, -0.15) is 0 Å². The van der Waals surface area contributed by atoms with Crippen LogP contribution < -0.4 is 0 Å². The first kappa shape index (κ1) is 15.6. The lowest BCUT2D eigenvalue weighted by atomic mass is 9.48. The first-order valence-electron chi connectivity index (χ1n) is 9.51. The summed E-state index contributed by atoms with van der Waals surface area (Å²) in [7, 11) is 0. The van der Waals surface area contributed by atoms with Gasteiger partial charge in [0, 0.05) is 0 Å². The highest BCUT2D eigenvalue weighted by atomic mass is 16.3. The third kappa shape index (κ3) is 2.13. The first-order valence-corrected chi connectivity index (χ1v) is 9.51. The van der Waals surface area contributed by atoms with Crippen LogP contribution in [0.5, 0.6) is 0 Å². The predicted molar refractivity (Wildman–Crippen MR) is 91.9 cm³/mol. The van der Waals surface area contributed by atoms with Gasteiger partial charge in [-0.05, 0) is 86.0 Å². The number of hydrogen-bond donors (Lipinski definition) is 1. The van der Waals surface area contributed by atoms with Gasteiger partial charge in [0.05, 0.1) is 6.10 Å². The minimum atomic E-state index is -0.117. The Kier molecular flexibility index (Phi) is 3.61. The molecule has 4 rings (SSSR count). The quantitative estimate of drug-likeness (QED) is 0.441. The van der Waals surface area contributed by atoms with E-state index in [1.165, 1.54) is 31.3 Å². The molecule has 3 fully saturated rings. The third-order valence-electron chi connectivity index (χ3n) is 8.19. The van der Waals surface area contributed by atoms with Crippen molar-refractivity contribution < 1.29 is 9.90 Å². The SMILES string of the molecule is C[C@]12CC[C@H](O)CC1=CCC1C2CC[C@]2(C)C(=CC=O)CCC12. The smallest absolute Gasteiger partial charge is 0.142 e. The molecule has 2 heteroatoms. The Balaban J connectivity index is 1.67. The second kappa shape index (κ2) is 5.31. The van der Waals surface area contributed by atoms with E-state index in [0.29, 0.717) is 5.41 Å². The monoisotopic (exact) mass is 314 g/mol. The molecule has 3 saturated carbocycles. The molecule has 3 unspecified atom stereocenters. The normalized spacial score (nSPS) is 50.7. The van der Waals surface area contributed by atoms with E-state index in [2.05, 4.69) is 19.9 Å². The molecule has 0 aromatic heterocycles. The standard InChI is InChI=1S/C21H30O2/c1-20-11-8-19-17(18(20)6-4-14(20)9-12-22)5-3-15-13-16(23)7-10-21(15,19)2/h3,9,12,16-19,23H,4-8,10-11,13H2,1-2H3/t16-,17?,18?,19?,20+,21-/m0/s1. The largest absolute Gasteiger partial charge is 0.393 e. The Labute approximate surface area is 140 Å². The van der Waals surface area contributed by atoms with E-state index in [0.717, 1.165) is 49.7 Å². The number of carbonyl (C=O) groups is 1. The van der Waals surface area contributed by atoms with E-state index in [-0.39, 0.29) is 11.5 Å².